The molecule has 1 aromatic rings. The third-order valence-corrected chi connectivity index (χ3v) is 3.82. The van der Waals surface area contributed by atoms with Gasteiger partial charge in [-0.25, -0.2) is 0 Å². The molecule has 0 saturated carbocycles. The van der Waals surface area contributed by atoms with Crippen molar-refractivity contribution in [2.75, 3.05) is 13.2 Å². The maximum atomic E-state index is 5.60. The number of nitrogens with one attached hydrogen (secondary N) is 1. The van der Waals surface area contributed by atoms with Crippen molar-refractivity contribution in [2.24, 2.45) is 0 Å². The number of ether oxygens (including phenoxy) is 1. The van der Waals surface area contributed by atoms with Crippen molar-refractivity contribution in [3.05, 3.63) is 11.7 Å². The van der Waals surface area contributed by atoms with E-state index >= 15 is 0 Å². The van der Waals surface area contributed by atoms with Gasteiger partial charge < -0.3 is 14.6 Å². The summed E-state index contributed by atoms with van der Waals surface area (Å²) in [4.78, 5) is 4.53. The molecule has 19 heavy (non-hydrogen) atoms. The minimum absolute atomic E-state index is 0.246. The first-order valence-corrected chi connectivity index (χ1v) is 7.42. The second-order valence-electron chi connectivity index (χ2n) is 5.25. The lowest BCUT2D eigenvalue weighted by molar-refractivity contribution is 0.109. The Morgan fingerprint density at radius 3 is 2.89 bits per heavy atom. The van der Waals surface area contributed by atoms with Gasteiger partial charge in [0.05, 0.1) is 12.0 Å². The van der Waals surface area contributed by atoms with Gasteiger partial charge in [-0.3, -0.25) is 0 Å². The maximum Gasteiger partial charge on any atom is 0.231 e. The fraction of sp³-hybridized carbons (Fsp3) is 0.857. The van der Waals surface area contributed by atoms with Crippen molar-refractivity contribution < 1.29 is 9.26 Å². The molecule has 2 rings (SSSR count). The van der Waals surface area contributed by atoms with Gasteiger partial charge in [0.1, 0.15) is 0 Å². The fourth-order valence-corrected chi connectivity index (χ4v) is 2.65. The van der Waals surface area contributed by atoms with E-state index in [0.29, 0.717) is 6.04 Å². The largest absolute Gasteiger partial charge is 0.378 e. The van der Waals surface area contributed by atoms with E-state index in [0.717, 1.165) is 50.6 Å². The Labute approximate surface area is 115 Å². The Balaban J connectivity index is 1.94. The lowest BCUT2D eigenvalue weighted by Gasteiger charge is -2.20. The van der Waals surface area contributed by atoms with E-state index < -0.39 is 0 Å². The van der Waals surface area contributed by atoms with Gasteiger partial charge in [0.15, 0.2) is 5.82 Å². The molecule has 5 heteroatoms. The van der Waals surface area contributed by atoms with Crippen molar-refractivity contribution in [3.63, 3.8) is 0 Å². The average Bonchev–Trinajstić information content (AvgIpc) is 3.07. The molecule has 0 aliphatic carbocycles. The Morgan fingerprint density at radius 2 is 2.26 bits per heavy atom. The van der Waals surface area contributed by atoms with Crippen molar-refractivity contribution in [2.45, 2.75) is 64.5 Å². The number of aromatic nitrogens is 2. The van der Waals surface area contributed by atoms with Gasteiger partial charge in [-0.1, -0.05) is 25.9 Å². The lowest BCUT2D eigenvalue weighted by Crippen LogP contribution is -2.33. The fourth-order valence-electron chi connectivity index (χ4n) is 2.65. The highest BCUT2D eigenvalue weighted by Crippen LogP contribution is 2.21. The molecule has 0 amide bonds. The summed E-state index contributed by atoms with van der Waals surface area (Å²) in [6, 6.07) is 0.390. The summed E-state index contributed by atoms with van der Waals surface area (Å²) in [5.41, 5.74) is 0. The highest BCUT2D eigenvalue weighted by molar-refractivity contribution is 4.98. The number of likely N-dealkylation sites (N-methyl/N-ethyl adjacent to an activating group) is 1. The molecular weight excluding hydrogens is 242 g/mol. The quantitative estimate of drug-likeness (QED) is 0.821. The van der Waals surface area contributed by atoms with E-state index in [-0.39, 0.29) is 12.0 Å². The van der Waals surface area contributed by atoms with Crippen molar-refractivity contribution in [1.82, 2.24) is 15.5 Å². The van der Waals surface area contributed by atoms with Gasteiger partial charge in [-0.2, -0.15) is 4.98 Å². The van der Waals surface area contributed by atoms with Crippen LogP contribution < -0.4 is 5.32 Å². The average molecular weight is 267 g/mol. The minimum Gasteiger partial charge on any atom is -0.378 e. The molecule has 3 atom stereocenters. The highest BCUT2D eigenvalue weighted by atomic mass is 16.5. The molecule has 3 unspecified atom stereocenters. The molecule has 108 valence electrons. The molecule has 1 N–H and O–H groups in total. The van der Waals surface area contributed by atoms with Crippen LogP contribution in [0.3, 0.4) is 0 Å². The molecule has 0 aromatic carbocycles. The zero-order valence-corrected chi connectivity index (χ0v) is 12.2. The Morgan fingerprint density at radius 1 is 1.42 bits per heavy atom. The molecule has 1 aromatic heterocycles. The van der Waals surface area contributed by atoms with Crippen LogP contribution in [0, 0.1) is 0 Å². The first-order chi connectivity index (χ1) is 9.24. The number of hydrogen-bond acceptors (Lipinski definition) is 5. The molecule has 0 bridgehead atoms. The monoisotopic (exact) mass is 267 g/mol. The van der Waals surface area contributed by atoms with E-state index in [4.69, 9.17) is 9.26 Å². The van der Waals surface area contributed by atoms with Crippen molar-refractivity contribution in [1.29, 1.82) is 0 Å². The number of rotatable bonds is 7. The van der Waals surface area contributed by atoms with Crippen LogP contribution >= 0.6 is 0 Å². The maximum absolute atomic E-state index is 5.60. The Kier molecular flexibility index (Phi) is 5.34. The van der Waals surface area contributed by atoms with Crippen LogP contribution in [0.5, 0.6) is 0 Å². The SMILES string of the molecule is CCNC(CC)C(C)c1nc(CC2CCCO2)no1. The zero-order chi connectivity index (χ0) is 13.7. The predicted octanol–water partition coefficient (Wildman–Crippen LogP) is 2.28. The molecule has 2 heterocycles. The van der Waals surface area contributed by atoms with Crippen LogP contribution in [0.25, 0.3) is 0 Å². The second-order valence-corrected chi connectivity index (χ2v) is 5.25. The van der Waals surface area contributed by atoms with Crippen LogP contribution in [0.1, 0.15) is 57.7 Å². The molecule has 1 saturated heterocycles. The molecule has 0 radical (unpaired) electrons. The predicted molar refractivity (Wildman–Crippen MR) is 73.1 cm³/mol. The third kappa shape index (κ3) is 3.76. The van der Waals surface area contributed by atoms with E-state index in [2.05, 4.69) is 36.2 Å². The minimum atomic E-state index is 0.246. The lowest BCUT2D eigenvalue weighted by atomic mass is 9.99. The van der Waals surface area contributed by atoms with E-state index in [1.54, 1.807) is 0 Å². The van der Waals surface area contributed by atoms with Crippen LogP contribution in [0.4, 0.5) is 0 Å². The van der Waals surface area contributed by atoms with Gasteiger partial charge in [0, 0.05) is 19.1 Å². The first kappa shape index (κ1) is 14.5. The van der Waals surface area contributed by atoms with Gasteiger partial charge in [-0.15, -0.1) is 0 Å². The molecule has 1 aliphatic rings. The van der Waals surface area contributed by atoms with Crippen LogP contribution in [0.15, 0.2) is 4.52 Å². The molecule has 0 spiro atoms. The standard InChI is InChI=1S/C14H25N3O2/c1-4-12(15-5-2)10(3)14-16-13(17-19-14)9-11-7-6-8-18-11/h10-12,15H,4-9H2,1-3H3. The van der Waals surface area contributed by atoms with E-state index in [9.17, 15) is 0 Å². The molecule has 1 aliphatic heterocycles. The normalized spacial score (nSPS) is 22.6. The van der Waals surface area contributed by atoms with E-state index in [1.165, 1.54) is 0 Å². The summed E-state index contributed by atoms with van der Waals surface area (Å²) in [7, 11) is 0. The summed E-state index contributed by atoms with van der Waals surface area (Å²) in [5, 5.41) is 7.54. The second kappa shape index (κ2) is 7.01. The smallest absolute Gasteiger partial charge is 0.231 e. The molecule has 1 fully saturated rings. The highest BCUT2D eigenvalue weighted by Gasteiger charge is 2.24. The third-order valence-electron chi connectivity index (χ3n) is 3.82. The van der Waals surface area contributed by atoms with Gasteiger partial charge in [0.25, 0.3) is 0 Å². The Bertz CT molecular complexity index is 375. The molecule has 5 nitrogen and oxygen atoms in total. The number of hydrogen-bond donors (Lipinski definition) is 1. The van der Waals surface area contributed by atoms with Crippen LogP contribution in [0.2, 0.25) is 0 Å². The Hall–Kier alpha value is -0.940. The zero-order valence-electron chi connectivity index (χ0n) is 12.2. The topological polar surface area (TPSA) is 60.2 Å². The van der Waals surface area contributed by atoms with Crippen LogP contribution in [-0.2, 0) is 11.2 Å². The summed E-state index contributed by atoms with van der Waals surface area (Å²) in [6.45, 7) is 8.25. The van der Waals surface area contributed by atoms with Crippen molar-refractivity contribution in [3.8, 4) is 0 Å². The first-order valence-electron chi connectivity index (χ1n) is 7.42. The summed E-state index contributed by atoms with van der Waals surface area (Å²) in [5.74, 6) is 1.76. The summed E-state index contributed by atoms with van der Waals surface area (Å²) >= 11 is 0. The summed E-state index contributed by atoms with van der Waals surface area (Å²) < 4.78 is 11.0. The number of nitrogens with zero attached hydrogens (tertiary/aromatic N) is 2. The summed E-state index contributed by atoms with van der Waals surface area (Å²) in [6.07, 6.45) is 4.35. The molecular formula is C14H25N3O2. The van der Waals surface area contributed by atoms with Gasteiger partial charge >= 0.3 is 0 Å². The van der Waals surface area contributed by atoms with Crippen molar-refractivity contribution >= 4 is 0 Å². The van der Waals surface area contributed by atoms with E-state index in [1.807, 2.05) is 0 Å². The van der Waals surface area contributed by atoms with Gasteiger partial charge in [-0.05, 0) is 25.8 Å². The van der Waals surface area contributed by atoms with Crippen LogP contribution in [-0.4, -0.2) is 35.4 Å². The van der Waals surface area contributed by atoms with Gasteiger partial charge in [0.2, 0.25) is 5.89 Å².